The second-order valence-electron chi connectivity index (χ2n) is 0.823. The predicted molar refractivity (Wildman–Crippen MR) is 35.0 cm³/mol. The molecule has 0 aliphatic heterocycles. The molecule has 0 atom stereocenters. The Bertz CT molecular complexity index is 200. The maximum atomic E-state index is 4.55. The summed E-state index contributed by atoms with van der Waals surface area (Å²) in [5.74, 6) is 0. The van der Waals surface area contributed by atoms with Crippen LogP contribution in [0.25, 0.3) is 0 Å². The van der Waals surface area contributed by atoms with Gasteiger partial charge in [0.1, 0.15) is 0 Å². The summed E-state index contributed by atoms with van der Waals surface area (Å²) >= 11 is 4.03. The third-order valence-electron chi connectivity index (χ3n) is 0.328. The lowest BCUT2D eigenvalue weighted by Gasteiger charge is -1.67. The van der Waals surface area contributed by atoms with Gasteiger partial charge in [0.25, 0.3) is 7.98 Å². The van der Waals surface area contributed by atoms with Crippen LogP contribution in [-0.4, -0.2) is 7.98 Å². The van der Waals surface area contributed by atoms with Crippen molar-refractivity contribution < 1.29 is 0 Å². The van der Waals surface area contributed by atoms with Gasteiger partial charge in [-0.05, 0) is 36.6 Å². The summed E-state index contributed by atoms with van der Waals surface area (Å²) in [6.07, 6.45) is 0. The van der Waals surface area contributed by atoms with Crippen molar-refractivity contribution in [2.75, 3.05) is 0 Å². The predicted octanol–water partition coefficient (Wildman–Crippen LogP) is 1.27. The zero-order valence-electron chi connectivity index (χ0n) is 5.01. The summed E-state index contributed by atoms with van der Waals surface area (Å²) in [6.45, 7) is 0. The van der Waals surface area contributed by atoms with Gasteiger partial charge in [0, 0.05) is 0 Å². The molecule has 0 aromatic rings. The lowest BCUT2D eigenvalue weighted by molar-refractivity contribution is 0.798. The highest BCUT2D eigenvalue weighted by Gasteiger charge is 1.65. The maximum absolute atomic E-state index is 4.55. The maximum Gasteiger partial charge on any atom is 0.295 e. The molecule has 0 bridgehead atoms. The molecule has 0 saturated heterocycles. The number of hydrogen-bond donors (Lipinski definition) is 0. The summed E-state index contributed by atoms with van der Waals surface area (Å²) in [6, 6.07) is 0. The molecule has 0 amide bonds. The average molecular weight is 169 g/mol. The Labute approximate surface area is 67.3 Å². The first-order valence-corrected chi connectivity index (χ1v) is 2.41. The molecule has 2 radical (unpaired) electrons. The molecular weight excluding hydrogens is 169 g/mol. The second-order valence-corrected chi connectivity index (χ2v) is 0.987. The van der Waals surface area contributed by atoms with E-state index >= 15 is 0 Å². The fourth-order valence-electron chi connectivity index (χ4n) is 0.129. The minimum atomic E-state index is 2.74. The molecule has 0 saturated carbocycles. The highest BCUT2D eigenvalue weighted by Crippen LogP contribution is 1.83. The molecule has 0 spiro atoms. The largest absolute Gasteiger partial charge is 0.295 e. The van der Waals surface area contributed by atoms with Crippen molar-refractivity contribution in [1.29, 1.82) is 0 Å². The van der Waals surface area contributed by atoms with Crippen LogP contribution in [0.5, 0.6) is 0 Å². The minimum Gasteiger partial charge on any atom is -0.248 e. The van der Waals surface area contributed by atoms with E-state index in [1.54, 1.807) is 0 Å². The summed E-state index contributed by atoms with van der Waals surface area (Å²) in [7, 11) is 4.55. The van der Waals surface area contributed by atoms with Crippen molar-refractivity contribution in [3.63, 3.8) is 0 Å². The Morgan fingerprint density at radius 2 is 1.18 bits per heavy atom. The van der Waals surface area contributed by atoms with Gasteiger partial charge in [0.2, 0.25) is 0 Å². The summed E-state index contributed by atoms with van der Waals surface area (Å²) in [5, 5.41) is 23.3. The van der Waals surface area contributed by atoms with E-state index in [0.717, 1.165) is 0 Å². The second kappa shape index (κ2) is 8.48. The van der Waals surface area contributed by atoms with Crippen molar-refractivity contribution in [2.24, 2.45) is 46.1 Å². The Hall–Kier alpha value is -1.52. The third kappa shape index (κ3) is 8.48. The lowest BCUT2D eigenvalue weighted by atomic mass is 10.5. The SMILES string of the molecule is [B]/N=N/N=N/N=N/N=N/N=S. The molecule has 0 heterocycles. The van der Waals surface area contributed by atoms with Crippen LogP contribution in [0, 0.1) is 0 Å². The monoisotopic (exact) mass is 169 g/mol. The Kier molecular flexibility index (Phi) is 7.32. The molecule has 54 valence electrons. The zero-order chi connectivity index (χ0) is 8.36. The number of hydrogen-bond acceptors (Lipinski definition) is 2. The van der Waals surface area contributed by atoms with E-state index < -0.39 is 0 Å². The van der Waals surface area contributed by atoms with Crippen molar-refractivity contribution in [2.45, 2.75) is 0 Å². The first kappa shape index (κ1) is 9.48. The van der Waals surface area contributed by atoms with Crippen LogP contribution in [0.3, 0.4) is 0 Å². The molecular formula is BN9S. The Morgan fingerprint density at radius 3 is 1.64 bits per heavy atom. The molecule has 0 aliphatic carbocycles. The van der Waals surface area contributed by atoms with Gasteiger partial charge in [-0.3, -0.25) is 0 Å². The molecule has 0 N–H and O–H groups in total. The van der Waals surface area contributed by atoms with Crippen LogP contribution in [0.4, 0.5) is 0 Å². The fourth-order valence-corrected chi connectivity index (χ4v) is 0.162. The summed E-state index contributed by atoms with van der Waals surface area (Å²) in [4.78, 5) is 0. The van der Waals surface area contributed by atoms with Gasteiger partial charge in [-0.15, -0.1) is 0 Å². The highest BCUT2D eigenvalue weighted by molar-refractivity contribution is 7.47. The number of rotatable bonds is 4. The van der Waals surface area contributed by atoms with Gasteiger partial charge < -0.3 is 0 Å². The molecule has 11 heavy (non-hydrogen) atoms. The van der Waals surface area contributed by atoms with Crippen LogP contribution in [0.2, 0.25) is 0 Å². The fraction of sp³-hybridized carbons (Fsp3) is 0. The van der Waals surface area contributed by atoms with Crippen molar-refractivity contribution in [1.82, 2.24) is 0 Å². The Morgan fingerprint density at radius 1 is 0.727 bits per heavy atom. The highest BCUT2D eigenvalue weighted by atomic mass is 32.1. The lowest BCUT2D eigenvalue weighted by Crippen LogP contribution is -1.49. The first-order chi connectivity index (χ1) is 5.41. The van der Waals surface area contributed by atoms with E-state index in [4.69, 9.17) is 0 Å². The molecule has 0 aliphatic rings. The molecule has 0 aromatic heterocycles. The topological polar surface area (TPSA) is 111 Å². The molecule has 0 aromatic carbocycles. The summed E-state index contributed by atoms with van der Waals surface area (Å²) < 4.78 is 2.82. The van der Waals surface area contributed by atoms with Crippen LogP contribution in [0.1, 0.15) is 0 Å². The van der Waals surface area contributed by atoms with Gasteiger partial charge in [0.15, 0.2) is 0 Å². The van der Waals surface area contributed by atoms with Gasteiger partial charge in [-0.25, -0.2) is 5.03 Å². The molecule has 0 fully saturated rings. The van der Waals surface area contributed by atoms with Gasteiger partial charge in [0.05, 0.1) is 12.4 Å². The Balaban J connectivity index is 3.59. The van der Waals surface area contributed by atoms with E-state index in [1.807, 2.05) is 0 Å². The van der Waals surface area contributed by atoms with Crippen molar-refractivity contribution >= 4 is 20.4 Å². The molecule has 0 rings (SSSR count). The minimum absolute atomic E-state index is 2.74. The average Bonchev–Trinajstić information content (AvgIpc) is 2.03. The standard InChI is InChI=1S/BN9S/c1-2-3-4-5-6-7-8-9-10-11/b3-2+,5-4+,7-6+,9-8+. The van der Waals surface area contributed by atoms with E-state index in [-0.39, 0.29) is 0 Å². The van der Waals surface area contributed by atoms with Crippen LogP contribution >= 0.6 is 0 Å². The van der Waals surface area contributed by atoms with Gasteiger partial charge >= 0.3 is 0 Å². The quantitative estimate of drug-likeness (QED) is 0.352. The van der Waals surface area contributed by atoms with Gasteiger partial charge in [-0.2, -0.15) is 0 Å². The smallest absolute Gasteiger partial charge is 0.248 e. The molecule has 0 unspecified atom stereocenters. The molecule has 11 heteroatoms. The zero-order valence-corrected chi connectivity index (χ0v) is 5.83. The van der Waals surface area contributed by atoms with E-state index in [0.29, 0.717) is 0 Å². The number of nitrogens with zero attached hydrogens (tertiary/aromatic N) is 9. The normalized spacial score (nSPS) is 12.7. The van der Waals surface area contributed by atoms with E-state index in [9.17, 15) is 0 Å². The van der Waals surface area contributed by atoms with Crippen molar-refractivity contribution in [3.8, 4) is 0 Å². The van der Waals surface area contributed by atoms with Crippen molar-refractivity contribution in [3.05, 3.63) is 0 Å². The van der Waals surface area contributed by atoms with E-state index in [2.05, 4.69) is 66.5 Å². The van der Waals surface area contributed by atoms with Crippen LogP contribution in [0.15, 0.2) is 46.1 Å². The van der Waals surface area contributed by atoms with Crippen LogP contribution < -0.4 is 0 Å². The summed E-state index contributed by atoms with van der Waals surface area (Å²) in [5.41, 5.74) is 0. The van der Waals surface area contributed by atoms with Gasteiger partial charge in [-0.1, -0.05) is 4.47 Å². The third-order valence-corrected chi connectivity index (χ3v) is 0.401. The first-order valence-electron chi connectivity index (χ1n) is 2.04. The molecule has 9 nitrogen and oxygen atoms in total. The van der Waals surface area contributed by atoms with Crippen LogP contribution in [-0.2, 0) is 12.4 Å². The van der Waals surface area contributed by atoms with E-state index in [1.165, 1.54) is 0 Å².